The van der Waals surface area contributed by atoms with E-state index in [0.717, 1.165) is 36.5 Å². The Morgan fingerprint density at radius 3 is 2.44 bits per heavy atom. The van der Waals surface area contributed by atoms with Crippen molar-refractivity contribution >= 4 is 44.6 Å². The van der Waals surface area contributed by atoms with Gasteiger partial charge in [-0.15, -0.1) is 6.58 Å². The molecule has 12 nitrogen and oxygen atoms in total. The van der Waals surface area contributed by atoms with Crippen LogP contribution in [0.25, 0.3) is 10.8 Å². The van der Waals surface area contributed by atoms with Crippen LogP contribution in [-0.4, -0.2) is 72.8 Å². The largest absolute Gasteiger partial charge is 0.472 e. The van der Waals surface area contributed by atoms with E-state index in [9.17, 15) is 27.6 Å². The van der Waals surface area contributed by atoms with Crippen LogP contribution in [0.5, 0.6) is 5.88 Å². The van der Waals surface area contributed by atoms with Gasteiger partial charge in [0.1, 0.15) is 12.2 Å². The molecule has 4 aliphatic rings. The smallest absolute Gasteiger partial charge is 0.362 e. The number of nitrogens with zero attached hydrogens (tertiary/aromatic N) is 2. The van der Waals surface area contributed by atoms with E-state index in [-0.39, 0.29) is 44.2 Å². The molecule has 1 unspecified atom stereocenters. The zero-order valence-electron chi connectivity index (χ0n) is 29.0. The molecule has 0 bridgehead atoms. The topological polar surface area (TPSA) is 158 Å². The van der Waals surface area contributed by atoms with Crippen molar-refractivity contribution in [3.05, 3.63) is 49.2 Å². The van der Waals surface area contributed by atoms with Gasteiger partial charge in [-0.25, -0.2) is 9.71 Å². The first kappa shape index (κ1) is 36.0. The quantitative estimate of drug-likeness (QED) is 0.213. The van der Waals surface area contributed by atoms with Crippen LogP contribution in [0.1, 0.15) is 85.0 Å². The Morgan fingerprint density at radius 1 is 1.06 bits per heavy atom. The van der Waals surface area contributed by atoms with Crippen molar-refractivity contribution < 1.29 is 41.3 Å². The molecule has 13 heteroatoms. The number of aromatic nitrogens is 1. The molecule has 50 heavy (non-hydrogen) atoms. The average molecular weight is 710 g/mol. The van der Waals surface area contributed by atoms with E-state index in [2.05, 4.69) is 11.6 Å². The summed E-state index contributed by atoms with van der Waals surface area (Å²) in [6, 6.07) is 8.47. The highest BCUT2D eigenvalue weighted by atomic mass is 32.2. The molecule has 2 aromatic rings. The molecule has 1 aromatic carbocycles. The number of likely N-dealkylation sites (tertiary alicyclic amines) is 1. The lowest BCUT2D eigenvalue weighted by Crippen LogP contribution is -2.48. The lowest BCUT2D eigenvalue weighted by Gasteiger charge is -2.35. The number of amides is 2. The predicted molar refractivity (Wildman–Crippen MR) is 184 cm³/mol. The van der Waals surface area contributed by atoms with Crippen molar-refractivity contribution in [1.82, 2.24) is 14.6 Å². The number of hydrogen-bond acceptors (Lipinski definition) is 10. The van der Waals surface area contributed by atoms with Gasteiger partial charge in [0.15, 0.2) is 5.78 Å². The molecule has 1 aliphatic heterocycles. The normalized spacial score (nSPS) is 26.0. The number of hydrogen-bond donors (Lipinski definition) is 1. The fraction of sp³-hybridized carbons (Fsp3) is 0.595. The Kier molecular flexibility index (Phi) is 10.1. The van der Waals surface area contributed by atoms with E-state index < -0.39 is 68.9 Å². The highest BCUT2D eigenvalue weighted by molar-refractivity contribution is 7.85. The van der Waals surface area contributed by atoms with Crippen molar-refractivity contribution in [2.45, 2.75) is 109 Å². The fourth-order valence-corrected chi connectivity index (χ4v) is 8.37. The molecule has 270 valence electrons. The zero-order valence-corrected chi connectivity index (χ0v) is 29.8. The van der Waals surface area contributed by atoms with Crippen LogP contribution >= 0.6 is 0 Å². The van der Waals surface area contributed by atoms with Crippen LogP contribution in [-0.2, 0) is 38.4 Å². The minimum Gasteiger partial charge on any atom is -0.472 e. The third-order valence-electron chi connectivity index (χ3n) is 10.5. The summed E-state index contributed by atoms with van der Waals surface area (Å²) in [6.45, 7) is 9.48. The summed E-state index contributed by atoms with van der Waals surface area (Å²) in [5.74, 6) is -2.94. The first-order valence-electron chi connectivity index (χ1n) is 17.6. The third-order valence-corrected chi connectivity index (χ3v) is 11.5. The van der Waals surface area contributed by atoms with Gasteiger partial charge in [-0.3, -0.25) is 23.4 Å². The maximum atomic E-state index is 14.5. The summed E-state index contributed by atoms with van der Waals surface area (Å²) in [5.41, 5.74) is -2.00. The Bertz CT molecular complexity index is 1760. The minimum absolute atomic E-state index is 0.0537. The first-order chi connectivity index (χ1) is 23.7. The van der Waals surface area contributed by atoms with Crippen molar-refractivity contribution in [2.75, 3.05) is 6.54 Å². The van der Waals surface area contributed by atoms with Gasteiger partial charge in [0.2, 0.25) is 17.7 Å². The van der Waals surface area contributed by atoms with E-state index in [1.807, 2.05) is 55.8 Å². The van der Waals surface area contributed by atoms with Gasteiger partial charge in [-0.1, -0.05) is 45.0 Å². The lowest BCUT2D eigenvalue weighted by atomic mass is 9.77. The predicted octanol–water partition coefficient (Wildman–Crippen LogP) is 4.81. The summed E-state index contributed by atoms with van der Waals surface area (Å²) in [4.78, 5) is 61.4. The second-order valence-corrected chi connectivity index (χ2v) is 16.7. The highest BCUT2D eigenvalue weighted by Gasteiger charge is 2.61. The second kappa shape index (κ2) is 14.1. The molecule has 6 rings (SSSR count). The van der Waals surface area contributed by atoms with Crippen molar-refractivity contribution in [1.29, 1.82) is 0 Å². The van der Waals surface area contributed by atoms with Gasteiger partial charge in [0.25, 0.3) is 0 Å². The maximum absolute atomic E-state index is 14.5. The molecular weight excluding hydrogens is 662 g/mol. The third kappa shape index (κ3) is 8.04. The Balaban J connectivity index is 1.25. The molecule has 0 spiro atoms. The van der Waals surface area contributed by atoms with Crippen LogP contribution in [0.15, 0.2) is 49.2 Å². The highest BCUT2D eigenvalue weighted by Crippen LogP contribution is 2.57. The Labute approximate surface area is 293 Å². The fourth-order valence-electron chi connectivity index (χ4n) is 7.34. The van der Waals surface area contributed by atoms with Crippen molar-refractivity contribution in [3.63, 3.8) is 0 Å². The summed E-state index contributed by atoms with van der Waals surface area (Å²) in [5, 5.41) is 1.70. The first-order valence-corrected chi connectivity index (χ1v) is 19.0. The van der Waals surface area contributed by atoms with E-state index in [4.69, 9.17) is 13.7 Å². The number of Topliss-reactive ketones (excluding diaryl/α,β-unsaturated/α-hetero) is 1. The molecule has 1 aromatic heterocycles. The minimum atomic E-state index is -4.36. The van der Waals surface area contributed by atoms with Crippen LogP contribution < -0.4 is 9.46 Å². The van der Waals surface area contributed by atoms with E-state index in [1.54, 1.807) is 12.3 Å². The second-order valence-electron chi connectivity index (χ2n) is 15.4. The van der Waals surface area contributed by atoms with Crippen LogP contribution in [0.2, 0.25) is 0 Å². The SMILES string of the molecule is C=C[C@@H]1C[C@]1(CC(=O)C1C[C@@H](Oc2nccc3ccccc23)CN1C(=O)[C@@H](CC(=O)OC1CCCC1)C(C)(C)C)C(=O)NS(=O)(=O)OC1CC1. The number of carbonyl (C=O) groups is 4. The number of esters is 1. The summed E-state index contributed by atoms with van der Waals surface area (Å²) in [7, 11) is -4.36. The summed E-state index contributed by atoms with van der Waals surface area (Å²) in [6.07, 6.45) is 6.62. The zero-order chi connectivity index (χ0) is 35.8. The maximum Gasteiger partial charge on any atom is 0.362 e. The van der Waals surface area contributed by atoms with Crippen LogP contribution in [0.3, 0.4) is 0 Å². The number of ether oxygens (including phenoxy) is 2. The van der Waals surface area contributed by atoms with Gasteiger partial charge in [0, 0.05) is 24.4 Å². The standard InChI is InChI=1S/C37H47N3O9S/c1-5-24-20-37(24,35(44)39-50(45,46)49-26-14-15-26)21-31(41)30-18-27(48-33-28-13-9-6-10-23(28)16-17-38-33)22-40(30)34(43)29(36(2,3)4)19-32(42)47-25-11-7-8-12-25/h5-6,9-10,13,16-17,24-27,29-30H,1,7-8,11-12,14-15,18-22H2,2-4H3,(H,39,44)/t24-,27-,29-,30?,37-/m1/s1. The molecule has 3 saturated carbocycles. The molecule has 1 N–H and O–H groups in total. The van der Waals surface area contributed by atoms with Gasteiger partial charge in [-0.2, -0.15) is 8.42 Å². The van der Waals surface area contributed by atoms with Gasteiger partial charge >= 0.3 is 16.3 Å². The number of fused-ring (bicyclic) bond motifs is 1. The van der Waals surface area contributed by atoms with Crippen LogP contribution in [0.4, 0.5) is 0 Å². The molecule has 3 aliphatic carbocycles. The molecule has 2 amide bonds. The van der Waals surface area contributed by atoms with Crippen molar-refractivity contribution in [2.24, 2.45) is 22.7 Å². The Morgan fingerprint density at radius 2 is 1.78 bits per heavy atom. The molecule has 5 atom stereocenters. The van der Waals surface area contributed by atoms with E-state index >= 15 is 0 Å². The summed E-state index contributed by atoms with van der Waals surface area (Å²) >= 11 is 0. The van der Waals surface area contributed by atoms with Gasteiger partial charge < -0.3 is 14.4 Å². The number of benzene rings is 1. The number of ketones is 1. The Hall–Kier alpha value is -3.84. The average Bonchev–Trinajstić information content (AvgIpc) is 3.89. The van der Waals surface area contributed by atoms with Gasteiger partial charge in [-0.05, 0) is 73.8 Å². The molecule has 1 saturated heterocycles. The number of pyridine rings is 1. The molecule has 2 heterocycles. The van der Waals surface area contributed by atoms with Crippen molar-refractivity contribution in [3.8, 4) is 5.88 Å². The number of nitrogens with one attached hydrogen (secondary N) is 1. The van der Waals surface area contributed by atoms with E-state index in [1.165, 1.54) is 4.90 Å². The molecular formula is C37H47N3O9S. The van der Waals surface area contributed by atoms with E-state index in [0.29, 0.717) is 18.7 Å². The van der Waals surface area contributed by atoms with Gasteiger partial charge in [0.05, 0.1) is 36.4 Å². The van der Waals surface area contributed by atoms with Crippen LogP contribution in [0, 0.1) is 22.7 Å². The number of allylic oxidation sites excluding steroid dienone is 1. The number of carbonyl (C=O) groups excluding carboxylic acids is 4. The monoisotopic (exact) mass is 709 g/mol. The number of rotatable bonds is 14. The summed E-state index contributed by atoms with van der Waals surface area (Å²) < 4.78 is 44.2. The molecule has 0 radical (unpaired) electrons. The molecule has 4 fully saturated rings. The lowest BCUT2D eigenvalue weighted by molar-refractivity contribution is -0.156.